The van der Waals surface area contributed by atoms with Gasteiger partial charge in [0.1, 0.15) is 11.5 Å². The van der Waals surface area contributed by atoms with E-state index in [1.807, 2.05) is 0 Å². The lowest BCUT2D eigenvalue weighted by Crippen LogP contribution is -2.52. The van der Waals surface area contributed by atoms with Crippen molar-refractivity contribution in [3.05, 3.63) is 57.6 Å². The zero-order valence-electron chi connectivity index (χ0n) is 56.0. The summed E-state index contributed by atoms with van der Waals surface area (Å²) in [6, 6.07) is 9.65. The zero-order valence-corrected chi connectivity index (χ0v) is 56.0. The summed E-state index contributed by atoms with van der Waals surface area (Å²) in [7, 11) is 0. The number of unbranched alkanes of at least 4 members (excludes halogenated alkanes) is 12. The van der Waals surface area contributed by atoms with Crippen molar-refractivity contribution in [3.63, 3.8) is 0 Å². The highest BCUT2D eigenvalue weighted by Crippen LogP contribution is 2.39. The van der Waals surface area contributed by atoms with E-state index < -0.39 is 0 Å². The molecule has 0 aliphatic carbocycles. The van der Waals surface area contributed by atoms with Crippen molar-refractivity contribution in [3.8, 4) is 11.5 Å². The average molecular weight is 1110 g/mol. The zero-order chi connectivity index (χ0) is 58.4. The summed E-state index contributed by atoms with van der Waals surface area (Å²) in [6.07, 6.45) is 36.1. The summed E-state index contributed by atoms with van der Waals surface area (Å²) in [4.78, 5) is 0. The Bertz CT molecular complexity index is 1530. The smallest absolute Gasteiger partial charge is 0.122 e. The Labute approximate surface area is 494 Å². The molecule has 460 valence electrons. The van der Waals surface area contributed by atoms with Crippen LogP contribution in [0.3, 0.4) is 0 Å². The van der Waals surface area contributed by atoms with Crippen molar-refractivity contribution in [1.29, 1.82) is 0 Å². The molecule has 79 heavy (non-hydrogen) atoms. The number of hydrogen-bond acceptors (Lipinski definition) is 2. The predicted molar refractivity (Wildman–Crippen MR) is 350 cm³/mol. The maximum absolute atomic E-state index is 12.3. The first-order valence-electron chi connectivity index (χ1n) is 35.2. The predicted octanol–water partition coefficient (Wildman–Crippen LogP) is 19.9. The maximum Gasteiger partial charge on any atom is 0.122 e. The van der Waals surface area contributed by atoms with Gasteiger partial charge in [-0.05, 0) is 136 Å². The third-order valence-electron chi connectivity index (χ3n) is 19.8. The third-order valence-corrected chi connectivity index (χ3v) is 19.8. The maximum atomic E-state index is 12.3. The summed E-state index contributed by atoms with van der Waals surface area (Å²) in [5.74, 6) is 1.70. The largest absolute Gasteiger partial charge is 0.507 e. The Morgan fingerprint density at radius 3 is 0.620 bits per heavy atom. The molecule has 0 saturated heterocycles. The molecule has 6 heteroatoms. The van der Waals surface area contributed by atoms with Crippen molar-refractivity contribution < 1.29 is 28.1 Å². The Morgan fingerprint density at radius 1 is 0.278 bits per heavy atom. The SMILES string of the molecule is CCCC[N+](CCCC)(CCCC)CCC(CC[N+](CCCC)(CCCC)CCCC)c1cc(C)c(O)c(Cc2cc(C(CC[N+](CCCC)(CCCC)CCCC)CC[N+](CCCC)(CCCC)CCCC)cc(C)c2O)c1. The van der Waals surface area contributed by atoms with Crippen molar-refractivity contribution in [1.82, 2.24) is 0 Å². The Morgan fingerprint density at radius 2 is 0.456 bits per heavy atom. The third kappa shape index (κ3) is 26.1. The van der Waals surface area contributed by atoms with Gasteiger partial charge in [0.15, 0.2) is 0 Å². The van der Waals surface area contributed by atoms with Gasteiger partial charge in [0.05, 0.1) is 105 Å². The molecule has 0 amide bonds. The molecule has 0 aliphatic rings. The summed E-state index contributed by atoms with van der Waals surface area (Å²) in [6.45, 7) is 53.5. The van der Waals surface area contributed by atoms with Crippen LogP contribution in [0.1, 0.15) is 308 Å². The minimum Gasteiger partial charge on any atom is -0.507 e. The van der Waals surface area contributed by atoms with Crippen LogP contribution in [0.5, 0.6) is 11.5 Å². The highest BCUT2D eigenvalue weighted by molar-refractivity contribution is 5.51. The van der Waals surface area contributed by atoms with Crippen molar-refractivity contribution in [2.24, 2.45) is 0 Å². The van der Waals surface area contributed by atoms with Crippen LogP contribution in [0, 0.1) is 13.8 Å². The normalized spacial score (nSPS) is 12.8. The first kappa shape index (κ1) is 73.0. The molecule has 0 spiro atoms. The second kappa shape index (κ2) is 41.8. The van der Waals surface area contributed by atoms with Crippen LogP contribution < -0.4 is 0 Å². The first-order chi connectivity index (χ1) is 38.2. The second-order valence-electron chi connectivity index (χ2n) is 26.6. The Kier molecular flexibility index (Phi) is 38.6. The number of quaternary nitrogens is 4. The lowest BCUT2D eigenvalue weighted by atomic mass is 9.85. The molecule has 0 atom stereocenters. The van der Waals surface area contributed by atoms with E-state index in [0.717, 1.165) is 22.3 Å². The fourth-order valence-electron chi connectivity index (χ4n) is 14.0. The van der Waals surface area contributed by atoms with E-state index in [9.17, 15) is 10.2 Å². The molecule has 0 bridgehead atoms. The van der Waals surface area contributed by atoms with E-state index in [-0.39, 0.29) is 0 Å². The molecular weight excluding hydrogens is 965 g/mol. The fraction of sp³-hybridized carbons (Fsp3) is 0.836. The van der Waals surface area contributed by atoms with Crippen LogP contribution in [-0.2, 0) is 6.42 Å². The Hall–Kier alpha value is -2.12. The van der Waals surface area contributed by atoms with E-state index >= 15 is 0 Å². The molecule has 0 fully saturated rings. The summed E-state index contributed by atoms with van der Waals surface area (Å²) in [5, 5.41) is 24.6. The molecule has 0 aliphatic heterocycles. The van der Waals surface area contributed by atoms with E-state index in [1.54, 1.807) is 0 Å². The summed E-state index contributed by atoms with van der Waals surface area (Å²) in [5.41, 5.74) is 6.84. The molecule has 2 aromatic rings. The number of hydrogen-bond donors (Lipinski definition) is 2. The number of phenols is 2. The molecule has 0 aromatic heterocycles. The lowest BCUT2D eigenvalue weighted by molar-refractivity contribution is -0.931. The minimum absolute atomic E-state index is 0.423. The first-order valence-corrected chi connectivity index (χ1v) is 35.2. The molecule has 0 heterocycles. The van der Waals surface area contributed by atoms with Gasteiger partial charge in [0.2, 0.25) is 0 Å². The van der Waals surface area contributed by atoms with E-state index in [4.69, 9.17) is 0 Å². The van der Waals surface area contributed by atoms with Crippen LogP contribution in [0.25, 0.3) is 0 Å². The highest BCUT2D eigenvalue weighted by Gasteiger charge is 2.34. The average Bonchev–Trinajstić information content (AvgIpc) is 3.47. The number of aryl methyl sites for hydroxylation is 2. The summed E-state index contributed by atoms with van der Waals surface area (Å²) < 4.78 is 5.07. The van der Waals surface area contributed by atoms with Gasteiger partial charge in [-0.2, -0.15) is 0 Å². The van der Waals surface area contributed by atoms with Gasteiger partial charge in [-0.1, -0.05) is 184 Å². The van der Waals surface area contributed by atoms with Crippen LogP contribution in [-0.4, -0.2) is 133 Å². The van der Waals surface area contributed by atoms with Gasteiger partial charge in [0, 0.05) is 32.1 Å². The van der Waals surface area contributed by atoms with Crippen LogP contribution in [0.15, 0.2) is 24.3 Å². The van der Waals surface area contributed by atoms with E-state index in [0.29, 0.717) is 29.8 Å². The van der Waals surface area contributed by atoms with Gasteiger partial charge < -0.3 is 28.1 Å². The van der Waals surface area contributed by atoms with Crippen molar-refractivity contribution >= 4 is 0 Å². The van der Waals surface area contributed by atoms with Gasteiger partial charge in [-0.15, -0.1) is 0 Å². The Balaban J connectivity index is 2.95. The molecule has 2 N–H and O–H groups in total. The number of phenolic OH excluding ortho intramolecular Hbond substituents is 2. The molecule has 2 aromatic carbocycles. The number of rotatable bonds is 52. The molecule has 0 unspecified atom stereocenters. The number of benzene rings is 2. The molecule has 0 radical (unpaired) electrons. The van der Waals surface area contributed by atoms with E-state index in [2.05, 4.69) is 121 Å². The topological polar surface area (TPSA) is 40.5 Å². The molecule has 0 saturated carbocycles. The molecule has 2 rings (SSSR count). The monoisotopic (exact) mass is 1110 g/mol. The van der Waals surface area contributed by atoms with Crippen LogP contribution >= 0.6 is 0 Å². The van der Waals surface area contributed by atoms with Crippen molar-refractivity contribution in [2.75, 3.05) is 105 Å². The second-order valence-corrected chi connectivity index (χ2v) is 26.6. The van der Waals surface area contributed by atoms with Crippen LogP contribution in [0.4, 0.5) is 0 Å². The number of aromatic hydroxyl groups is 2. The van der Waals surface area contributed by atoms with Gasteiger partial charge in [0.25, 0.3) is 0 Å². The lowest BCUT2D eigenvalue weighted by Gasteiger charge is -2.42. The van der Waals surface area contributed by atoms with Gasteiger partial charge in [-0.25, -0.2) is 0 Å². The van der Waals surface area contributed by atoms with Gasteiger partial charge >= 0.3 is 0 Å². The van der Waals surface area contributed by atoms with Crippen LogP contribution in [0.2, 0.25) is 0 Å². The molecule has 6 nitrogen and oxygen atoms in total. The standard InChI is InChI=1S/C73H138N4O2/c1-15-27-43-74(44-28-16-2,45-29-17-3)55-39-66(40-56-75(46-30-18-4,47-31-19-5)48-32-20-6)68-59-64(13)72(78)70(61-68)63-71-62-69(60-65(14)73(71)79)67(41-57-76(49-33-21-7,50-34-22-8)51-35-23-9)42-58-77(52-36-24-10,53-37-25-11)54-38-26-12/h59-62,66-67H,15-58,63H2,1-14H3/q+2/p+2. The quantitative estimate of drug-likeness (QED) is 0.0648. The fourth-order valence-corrected chi connectivity index (χ4v) is 14.0. The number of nitrogens with zero attached hydrogens (tertiary/aromatic N) is 4. The van der Waals surface area contributed by atoms with Gasteiger partial charge in [-0.3, -0.25) is 0 Å². The van der Waals surface area contributed by atoms with Crippen molar-refractivity contribution in [2.45, 2.75) is 295 Å². The highest BCUT2D eigenvalue weighted by atomic mass is 16.3. The summed E-state index contributed by atoms with van der Waals surface area (Å²) >= 11 is 0. The minimum atomic E-state index is 0.423. The van der Waals surface area contributed by atoms with E-state index in [1.165, 1.54) is 314 Å². The molecular formula is C73H140N4O2+4.